The molecule has 1 amide bonds. The maximum atomic E-state index is 12.4. The van der Waals surface area contributed by atoms with Crippen molar-refractivity contribution >= 4 is 5.91 Å². The summed E-state index contributed by atoms with van der Waals surface area (Å²) in [5.74, 6) is 1.31. The van der Waals surface area contributed by atoms with Crippen LogP contribution in [-0.2, 0) is 4.79 Å². The molecule has 0 unspecified atom stereocenters. The fourth-order valence-electron chi connectivity index (χ4n) is 2.91. The second-order valence-electron chi connectivity index (χ2n) is 6.11. The first-order valence-corrected chi connectivity index (χ1v) is 8.10. The van der Waals surface area contributed by atoms with E-state index in [1.807, 2.05) is 6.07 Å². The maximum absolute atomic E-state index is 12.4. The molecule has 0 aliphatic heterocycles. The molecule has 1 fully saturated rings. The molecule has 0 bridgehead atoms. The minimum Gasteiger partial charge on any atom is -0.493 e. The Balaban J connectivity index is 1.99. The van der Waals surface area contributed by atoms with Gasteiger partial charge in [-0.25, -0.2) is 0 Å². The smallest absolute Gasteiger partial charge is 0.261 e. The Labute approximate surface area is 137 Å². The normalized spacial score (nSPS) is 21.8. The second-order valence-corrected chi connectivity index (χ2v) is 6.11. The SMILES string of the molecule is COc1cc(C#N)ccc1O[C@H](C)C(=O)N[C@H]1CCCC[C@H]1C. The second kappa shape index (κ2) is 7.87. The van der Waals surface area contributed by atoms with Crippen LogP contribution in [0.2, 0.25) is 0 Å². The molecule has 124 valence electrons. The Kier molecular flexibility index (Phi) is 5.86. The molecule has 0 spiro atoms. The van der Waals surface area contributed by atoms with E-state index >= 15 is 0 Å². The zero-order valence-corrected chi connectivity index (χ0v) is 14.0. The van der Waals surface area contributed by atoms with Crippen molar-refractivity contribution in [1.82, 2.24) is 5.32 Å². The van der Waals surface area contributed by atoms with E-state index in [1.165, 1.54) is 13.5 Å². The molecule has 0 radical (unpaired) electrons. The highest BCUT2D eigenvalue weighted by Crippen LogP contribution is 2.29. The number of rotatable bonds is 5. The average Bonchev–Trinajstić information content (AvgIpc) is 2.57. The average molecular weight is 316 g/mol. The van der Waals surface area contributed by atoms with Crippen LogP contribution in [0.15, 0.2) is 18.2 Å². The van der Waals surface area contributed by atoms with Gasteiger partial charge in [-0.2, -0.15) is 5.26 Å². The summed E-state index contributed by atoms with van der Waals surface area (Å²) in [6.45, 7) is 3.90. The number of nitriles is 1. The van der Waals surface area contributed by atoms with Gasteiger partial charge in [0.1, 0.15) is 0 Å². The first-order valence-electron chi connectivity index (χ1n) is 8.10. The lowest BCUT2D eigenvalue weighted by molar-refractivity contribution is -0.128. The Morgan fingerprint density at radius 2 is 2.09 bits per heavy atom. The lowest BCUT2D eigenvalue weighted by atomic mass is 9.86. The Morgan fingerprint density at radius 3 is 2.74 bits per heavy atom. The molecular formula is C18H24N2O3. The highest BCUT2D eigenvalue weighted by Gasteiger charge is 2.25. The minimum atomic E-state index is -0.619. The van der Waals surface area contributed by atoms with Crippen molar-refractivity contribution in [3.8, 4) is 17.6 Å². The van der Waals surface area contributed by atoms with Crippen LogP contribution in [0.25, 0.3) is 0 Å². The number of carbonyl (C=O) groups excluding carboxylic acids is 1. The molecule has 1 saturated carbocycles. The third-order valence-electron chi connectivity index (χ3n) is 4.40. The van der Waals surface area contributed by atoms with Crippen LogP contribution in [0.1, 0.15) is 45.1 Å². The monoisotopic (exact) mass is 316 g/mol. The predicted octanol–water partition coefficient (Wildman–Crippen LogP) is 3.03. The van der Waals surface area contributed by atoms with E-state index in [2.05, 4.69) is 12.2 Å². The van der Waals surface area contributed by atoms with Crippen molar-refractivity contribution in [1.29, 1.82) is 5.26 Å². The van der Waals surface area contributed by atoms with E-state index in [4.69, 9.17) is 14.7 Å². The Bertz CT molecular complexity index is 594. The summed E-state index contributed by atoms with van der Waals surface area (Å²) < 4.78 is 11.0. The van der Waals surface area contributed by atoms with Crippen molar-refractivity contribution < 1.29 is 14.3 Å². The standard InChI is InChI=1S/C18H24N2O3/c1-12-6-4-5-7-15(12)20-18(21)13(2)23-16-9-8-14(11-19)10-17(16)22-3/h8-10,12-13,15H,4-7H2,1-3H3,(H,20,21)/t12-,13-,15+/m1/s1. The van der Waals surface area contributed by atoms with Crippen LogP contribution < -0.4 is 14.8 Å². The number of hydrogen-bond donors (Lipinski definition) is 1. The molecule has 1 N–H and O–H groups in total. The summed E-state index contributed by atoms with van der Waals surface area (Å²) in [6, 6.07) is 7.18. The maximum Gasteiger partial charge on any atom is 0.261 e. The van der Waals surface area contributed by atoms with Crippen molar-refractivity contribution in [2.24, 2.45) is 5.92 Å². The van der Waals surface area contributed by atoms with Gasteiger partial charge in [-0.05, 0) is 37.8 Å². The minimum absolute atomic E-state index is 0.116. The van der Waals surface area contributed by atoms with Gasteiger partial charge in [0, 0.05) is 12.1 Å². The number of nitrogens with zero attached hydrogens (tertiary/aromatic N) is 1. The highest BCUT2D eigenvalue weighted by atomic mass is 16.5. The Morgan fingerprint density at radius 1 is 1.35 bits per heavy atom. The molecule has 2 rings (SSSR count). The predicted molar refractivity (Wildman–Crippen MR) is 87.4 cm³/mol. The molecule has 1 aliphatic rings. The van der Waals surface area contributed by atoms with E-state index in [0.29, 0.717) is 23.0 Å². The molecule has 1 aromatic rings. The lowest BCUT2D eigenvalue weighted by Crippen LogP contribution is -2.46. The fourth-order valence-corrected chi connectivity index (χ4v) is 2.91. The van der Waals surface area contributed by atoms with Crippen LogP contribution in [0.4, 0.5) is 0 Å². The van der Waals surface area contributed by atoms with Crippen molar-refractivity contribution in [3.05, 3.63) is 23.8 Å². The quantitative estimate of drug-likeness (QED) is 0.906. The topological polar surface area (TPSA) is 71.3 Å². The summed E-state index contributed by atoms with van der Waals surface area (Å²) in [5.41, 5.74) is 0.488. The van der Waals surface area contributed by atoms with Gasteiger partial charge < -0.3 is 14.8 Å². The summed E-state index contributed by atoms with van der Waals surface area (Å²) in [5, 5.41) is 12.0. The number of ether oxygens (including phenoxy) is 2. The van der Waals surface area contributed by atoms with Crippen LogP contribution in [0, 0.1) is 17.2 Å². The van der Waals surface area contributed by atoms with Gasteiger partial charge >= 0.3 is 0 Å². The molecule has 0 heterocycles. The van der Waals surface area contributed by atoms with Crippen LogP contribution in [0.5, 0.6) is 11.5 Å². The summed E-state index contributed by atoms with van der Waals surface area (Å²) in [7, 11) is 1.51. The highest BCUT2D eigenvalue weighted by molar-refractivity contribution is 5.81. The first-order chi connectivity index (χ1) is 11.0. The van der Waals surface area contributed by atoms with Gasteiger partial charge in [0.25, 0.3) is 5.91 Å². The van der Waals surface area contributed by atoms with Gasteiger partial charge in [-0.3, -0.25) is 4.79 Å². The van der Waals surface area contributed by atoms with E-state index in [9.17, 15) is 4.79 Å². The molecule has 0 saturated heterocycles. The summed E-state index contributed by atoms with van der Waals surface area (Å²) in [6.07, 6.45) is 3.96. The van der Waals surface area contributed by atoms with E-state index in [1.54, 1.807) is 25.1 Å². The molecule has 3 atom stereocenters. The van der Waals surface area contributed by atoms with E-state index in [-0.39, 0.29) is 11.9 Å². The van der Waals surface area contributed by atoms with Crippen molar-refractivity contribution in [2.75, 3.05) is 7.11 Å². The number of methoxy groups -OCH3 is 1. The number of amides is 1. The van der Waals surface area contributed by atoms with Gasteiger partial charge in [-0.1, -0.05) is 19.8 Å². The van der Waals surface area contributed by atoms with Crippen molar-refractivity contribution in [2.45, 2.75) is 51.7 Å². The van der Waals surface area contributed by atoms with Crippen LogP contribution in [-0.4, -0.2) is 25.2 Å². The zero-order valence-electron chi connectivity index (χ0n) is 14.0. The molecule has 23 heavy (non-hydrogen) atoms. The largest absolute Gasteiger partial charge is 0.493 e. The van der Waals surface area contributed by atoms with Gasteiger partial charge in [0.2, 0.25) is 0 Å². The number of benzene rings is 1. The summed E-state index contributed by atoms with van der Waals surface area (Å²) >= 11 is 0. The number of hydrogen-bond acceptors (Lipinski definition) is 4. The molecule has 5 nitrogen and oxygen atoms in total. The number of nitrogens with one attached hydrogen (secondary N) is 1. The van der Waals surface area contributed by atoms with E-state index < -0.39 is 6.10 Å². The first kappa shape index (κ1) is 17.1. The third-order valence-corrected chi connectivity index (χ3v) is 4.40. The zero-order chi connectivity index (χ0) is 16.8. The van der Waals surface area contributed by atoms with Gasteiger partial charge in [-0.15, -0.1) is 0 Å². The van der Waals surface area contributed by atoms with Crippen LogP contribution in [0.3, 0.4) is 0 Å². The molecular weight excluding hydrogens is 292 g/mol. The Hall–Kier alpha value is -2.22. The van der Waals surface area contributed by atoms with E-state index in [0.717, 1.165) is 19.3 Å². The van der Waals surface area contributed by atoms with Crippen LogP contribution >= 0.6 is 0 Å². The fraction of sp³-hybridized carbons (Fsp3) is 0.556. The molecule has 1 aliphatic carbocycles. The van der Waals surface area contributed by atoms with Gasteiger partial charge in [0.05, 0.1) is 18.7 Å². The third kappa shape index (κ3) is 4.38. The van der Waals surface area contributed by atoms with Gasteiger partial charge in [0.15, 0.2) is 17.6 Å². The number of carbonyl (C=O) groups is 1. The van der Waals surface area contributed by atoms with Crippen molar-refractivity contribution in [3.63, 3.8) is 0 Å². The molecule has 5 heteroatoms. The molecule has 1 aromatic carbocycles. The molecule has 0 aromatic heterocycles. The lowest BCUT2D eigenvalue weighted by Gasteiger charge is -2.30. The summed E-state index contributed by atoms with van der Waals surface area (Å²) in [4.78, 5) is 12.4.